The average Bonchev–Trinajstić information content (AvgIpc) is 3.13. The fourth-order valence-electron chi connectivity index (χ4n) is 2.84. The molecule has 0 aliphatic rings. The maximum Gasteiger partial charge on any atom is 0.243 e. The lowest BCUT2D eigenvalue weighted by Crippen LogP contribution is -2.17. The number of nitrogens with one attached hydrogen (secondary N) is 1. The number of benzene rings is 2. The second kappa shape index (κ2) is 8.97. The van der Waals surface area contributed by atoms with Crippen LogP contribution in [0.5, 0.6) is 0 Å². The molecule has 0 unspecified atom stereocenters. The van der Waals surface area contributed by atoms with E-state index in [9.17, 15) is 4.79 Å². The predicted molar refractivity (Wildman–Crippen MR) is 99.5 cm³/mol. The SMILES string of the molecule is O=C(CCCCCc1nc(-c2ccccc2)c(-c2ccccc2)o1)NO. The van der Waals surface area contributed by atoms with Gasteiger partial charge in [0.05, 0.1) is 0 Å². The second-order valence-corrected chi connectivity index (χ2v) is 6.11. The molecule has 0 bridgehead atoms. The highest BCUT2D eigenvalue weighted by Gasteiger charge is 2.16. The molecule has 0 spiro atoms. The summed E-state index contributed by atoms with van der Waals surface area (Å²) in [6.07, 6.45) is 3.52. The standard InChI is InChI=1S/C21H22N2O3/c24-18(23-25)14-8-3-9-15-19-22-20(16-10-4-1-5-11-16)21(26-19)17-12-6-2-7-13-17/h1-2,4-7,10-13,25H,3,8-9,14-15H2,(H,23,24). The van der Waals surface area contributed by atoms with Gasteiger partial charge in [-0.3, -0.25) is 10.0 Å². The van der Waals surface area contributed by atoms with E-state index in [-0.39, 0.29) is 5.91 Å². The molecule has 2 N–H and O–H groups in total. The zero-order valence-electron chi connectivity index (χ0n) is 14.5. The van der Waals surface area contributed by atoms with Crippen LogP contribution in [-0.4, -0.2) is 16.1 Å². The highest BCUT2D eigenvalue weighted by Crippen LogP contribution is 2.32. The molecule has 3 aromatic rings. The van der Waals surface area contributed by atoms with Crippen molar-refractivity contribution in [1.29, 1.82) is 0 Å². The Balaban J connectivity index is 1.74. The van der Waals surface area contributed by atoms with Gasteiger partial charge in [0.25, 0.3) is 0 Å². The molecule has 0 aliphatic carbocycles. The first-order valence-corrected chi connectivity index (χ1v) is 8.81. The lowest BCUT2D eigenvalue weighted by atomic mass is 10.1. The first-order valence-electron chi connectivity index (χ1n) is 8.81. The van der Waals surface area contributed by atoms with Crippen molar-refractivity contribution >= 4 is 5.91 Å². The normalized spacial score (nSPS) is 10.7. The van der Waals surface area contributed by atoms with Gasteiger partial charge in [-0.05, 0) is 12.8 Å². The summed E-state index contributed by atoms with van der Waals surface area (Å²) < 4.78 is 6.07. The Labute approximate surface area is 152 Å². The molecule has 0 fully saturated rings. The van der Waals surface area contributed by atoms with E-state index < -0.39 is 0 Å². The van der Waals surface area contributed by atoms with Crippen molar-refractivity contribution in [2.75, 3.05) is 0 Å². The summed E-state index contributed by atoms with van der Waals surface area (Å²) >= 11 is 0. The molecule has 1 heterocycles. The van der Waals surface area contributed by atoms with Crippen LogP contribution in [0.15, 0.2) is 65.1 Å². The molecule has 1 amide bonds. The number of aryl methyl sites for hydroxylation is 1. The molecule has 3 rings (SSSR count). The summed E-state index contributed by atoms with van der Waals surface area (Å²) in [5.41, 5.74) is 4.54. The van der Waals surface area contributed by atoms with Crippen LogP contribution in [0.2, 0.25) is 0 Å². The minimum absolute atomic E-state index is 0.326. The van der Waals surface area contributed by atoms with Gasteiger partial charge in [-0.1, -0.05) is 67.1 Å². The first-order chi connectivity index (χ1) is 12.8. The molecule has 134 valence electrons. The van der Waals surface area contributed by atoms with Crippen LogP contribution in [0.4, 0.5) is 0 Å². The highest BCUT2D eigenvalue weighted by atomic mass is 16.5. The molecular weight excluding hydrogens is 328 g/mol. The van der Waals surface area contributed by atoms with E-state index in [4.69, 9.17) is 14.6 Å². The molecule has 2 aromatic carbocycles. The van der Waals surface area contributed by atoms with Gasteiger partial charge in [0.15, 0.2) is 11.7 Å². The fraction of sp³-hybridized carbons (Fsp3) is 0.238. The van der Waals surface area contributed by atoms with Crippen molar-refractivity contribution in [3.05, 3.63) is 66.6 Å². The van der Waals surface area contributed by atoms with Crippen molar-refractivity contribution in [1.82, 2.24) is 10.5 Å². The molecule has 0 radical (unpaired) electrons. The molecule has 0 aliphatic heterocycles. The van der Waals surface area contributed by atoms with E-state index in [0.29, 0.717) is 18.7 Å². The largest absolute Gasteiger partial charge is 0.440 e. The molecule has 26 heavy (non-hydrogen) atoms. The third kappa shape index (κ3) is 4.58. The number of hydroxylamine groups is 1. The Morgan fingerprint density at radius 2 is 1.58 bits per heavy atom. The zero-order valence-corrected chi connectivity index (χ0v) is 14.5. The quantitative estimate of drug-likeness (QED) is 0.353. The number of unbranched alkanes of at least 4 members (excludes halogenated alkanes) is 2. The first kappa shape index (κ1) is 17.9. The Morgan fingerprint density at radius 1 is 0.923 bits per heavy atom. The Bertz CT molecular complexity index is 772. The van der Waals surface area contributed by atoms with E-state index in [1.807, 2.05) is 60.7 Å². The number of carbonyl (C=O) groups is 1. The number of aromatic nitrogens is 1. The third-order valence-corrected chi connectivity index (χ3v) is 4.17. The smallest absolute Gasteiger partial charge is 0.243 e. The third-order valence-electron chi connectivity index (χ3n) is 4.17. The van der Waals surface area contributed by atoms with Crippen LogP contribution in [0.1, 0.15) is 31.6 Å². The Kier molecular flexibility index (Phi) is 6.17. The maximum absolute atomic E-state index is 11.0. The van der Waals surface area contributed by atoms with Gasteiger partial charge in [-0.15, -0.1) is 0 Å². The Morgan fingerprint density at radius 3 is 2.23 bits per heavy atom. The van der Waals surface area contributed by atoms with E-state index >= 15 is 0 Å². The van der Waals surface area contributed by atoms with Crippen molar-refractivity contribution in [2.45, 2.75) is 32.1 Å². The summed E-state index contributed by atoms with van der Waals surface area (Å²) in [5.74, 6) is 1.14. The van der Waals surface area contributed by atoms with Gasteiger partial charge in [-0.2, -0.15) is 0 Å². The Hall–Kier alpha value is -2.92. The second-order valence-electron chi connectivity index (χ2n) is 6.11. The molecule has 0 atom stereocenters. The predicted octanol–water partition coefficient (Wildman–Crippen LogP) is 4.62. The molecule has 0 saturated carbocycles. The summed E-state index contributed by atoms with van der Waals surface area (Å²) in [7, 11) is 0. The van der Waals surface area contributed by atoms with Gasteiger partial charge in [0.2, 0.25) is 5.91 Å². The fourth-order valence-corrected chi connectivity index (χ4v) is 2.84. The summed E-state index contributed by atoms with van der Waals surface area (Å²) in [6, 6.07) is 20.0. The van der Waals surface area contributed by atoms with Crippen molar-refractivity contribution in [2.24, 2.45) is 0 Å². The number of nitrogens with zero attached hydrogens (tertiary/aromatic N) is 1. The number of amides is 1. The van der Waals surface area contributed by atoms with Crippen molar-refractivity contribution in [3.63, 3.8) is 0 Å². The van der Waals surface area contributed by atoms with Crippen LogP contribution < -0.4 is 5.48 Å². The minimum atomic E-state index is -0.348. The molecule has 5 nitrogen and oxygen atoms in total. The van der Waals surface area contributed by atoms with E-state index in [1.165, 1.54) is 0 Å². The van der Waals surface area contributed by atoms with E-state index in [2.05, 4.69) is 0 Å². The van der Waals surface area contributed by atoms with Gasteiger partial charge < -0.3 is 4.42 Å². The van der Waals surface area contributed by atoms with Crippen LogP contribution in [0, 0.1) is 0 Å². The lowest BCUT2D eigenvalue weighted by Gasteiger charge is -2.00. The zero-order chi connectivity index (χ0) is 18.2. The monoisotopic (exact) mass is 350 g/mol. The van der Waals surface area contributed by atoms with Crippen molar-refractivity contribution in [3.8, 4) is 22.6 Å². The number of hydrogen-bond donors (Lipinski definition) is 2. The molecule has 1 aromatic heterocycles. The van der Waals surface area contributed by atoms with Crippen LogP contribution in [-0.2, 0) is 11.2 Å². The summed E-state index contributed by atoms with van der Waals surface area (Å²) in [6.45, 7) is 0. The van der Waals surface area contributed by atoms with Crippen molar-refractivity contribution < 1.29 is 14.4 Å². The van der Waals surface area contributed by atoms with Gasteiger partial charge in [-0.25, -0.2) is 10.5 Å². The minimum Gasteiger partial charge on any atom is -0.440 e. The number of carbonyl (C=O) groups excluding carboxylic acids is 1. The van der Waals surface area contributed by atoms with Gasteiger partial charge in [0, 0.05) is 24.0 Å². The van der Waals surface area contributed by atoms with Gasteiger partial charge in [0.1, 0.15) is 5.69 Å². The lowest BCUT2D eigenvalue weighted by molar-refractivity contribution is -0.129. The number of rotatable bonds is 8. The molecule has 0 saturated heterocycles. The average molecular weight is 350 g/mol. The number of oxazole rings is 1. The number of hydrogen-bond acceptors (Lipinski definition) is 4. The topological polar surface area (TPSA) is 75.4 Å². The summed E-state index contributed by atoms with van der Waals surface area (Å²) in [5, 5.41) is 8.49. The maximum atomic E-state index is 11.0. The molecule has 5 heteroatoms. The van der Waals surface area contributed by atoms with Gasteiger partial charge >= 0.3 is 0 Å². The highest BCUT2D eigenvalue weighted by molar-refractivity contribution is 5.76. The van der Waals surface area contributed by atoms with E-state index in [0.717, 1.165) is 41.8 Å². The van der Waals surface area contributed by atoms with E-state index in [1.54, 1.807) is 5.48 Å². The van der Waals surface area contributed by atoms with Crippen LogP contribution in [0.3, 0.4) is 0 Å². The van der Waals surface area contributed by atoms with Crippen LogP contribution in [0.25, 0.3) is 22.6 Å². The van der Waals surface area contributed by atoms with Crippen LogP contribution >= 0.6 is 0 Å². The summed E-state index contributed by atoms with van der Waals surface area (Å²) in [4.78, 5) is 15.7. The molecular formula is C21H22N2O3.